The van der Waals surface area contributed by atoms with E-state index in [0.29, 0.717) is 43.3 Å². The van der Waals surface area contributed by atoms with Crippen LogP contribution in [-0.2, 0) is 9.47 Å². The molecule has 0 amide bonds. The van der Waals surface area contributed by atoms with Crippen molar-refractivity contribution in [1.82, 2.24) is 0 Å². The molecule has 1 rings (SSSR count). The zero-order valence-electron chi connectivity index (χ0n) is 27.2. The summed E-state index contributed by atoms with van der Waals surface area (Å²) in [6.45, 7) is 6.82. The van der Waals surface area contributed by atoms with Gasteiger partial charge in [0.25, 0.3) is 0 Å². The first-order valence-corrected chi connectivity index (χ1v) is 17.3. The average molecular weight is 587 g/mol. The van der Waals surface area contributed by atoms with Crippen molar-refractivity contribution in [2.75, 3.05) is 33.0 Å². The molecule has 0 radical (unpaired) electrons. The van der Waals surface area contributed by atoms with Crippen LogP contribution in [0.4, 0.5) is 0 Å². The first-order chi connectivity index (χ1) is 20.7. The molecule has 240 valence electrons. The predicted molar refractivity (Wildman–Crippen MR) is 176 cm³/mol. The van der Waals surface area contributed by atoms with Crippen LogP contribution in [-0.4, -0.2) is 39.0 Å². The van der Waals surface area contributed by atoms with Gasteiger partial charge in [-0.3, -0.25) is 0 Å². The standard InChI is InChI=1S/C37H62O5/c1-4-7-9-11-13-15-17-19-21-23-28-40-35-31-34(37(38)42-30-25-27-39-26-6-3)32-36(33-35)41-29-24-22-20-18-16-14-12-10-8-5-2/h3,31-33H,4-5,7-30H2,1-2H3. The van der Waals surface area contributed by atoms with Gasteiger partial charge in [0, 0.05) is 12.5 Å². The average Bonchev–Trinajstić information content (AvgIpc) is 3.00. The Morgan fingerprint density at radius 2 is 1.00 bits per heavy atom. The summed E-state index contributed by atoms with van der Waals surface area (Å²) in [7, 11) is 0. The second kappa shape index (κ2) is 28.9. The Hall–Kier alpha value is -2.19. The Bertz CT molecular complexity index is 756. The Balaban J connectivity index is 2.43. The molecule has 0 aliphatic rings. The van der Waals surface area contributed by atoms with Crippen molar-refractivity contribution in [2.45, 2.75) is 149 Å². The summed E-state index contributed by atoms with van der Waals surface area (Å²) in [4.78, 5) is 12.8. The van der Waals surface area contributed by atoms with E-state index in [-0.39, 0.29) is 19.2 Å². The van der Waals surface area contributed by atoms with Crippen LogP contribution in [0.3, 0.4) is 0 Å². The molecule has 5 heteroatoms. The first-order valence-electron chi connectivity index (χ1n) is 17.3. The molecule has 42 heavy (non-hydrogen) atoms. The molecule has 1 aromatic rings. The Labute approximate surface area is 258 Å². The largest absolute Gasteiger partial charge is 0.493 e. The normalized spacial score (nSPS) is 10.9. The highest BCUT2D eigenvalue weighted by atomic mass is 16.5. The van der Waals surface area contributed by atoms with Gasteiger partial charge in [-0.2, -0.15) is 0 Å². The van der Waals surface area contributed by atoms with Crippen molar-refractivity contribution < 1.29 is 23.7 Å². The highest BCUT2D eigenvalue weighted by Gasteiger charge is 2.12. The fourth-order valence-electron chi connectivity index (χ4n) is 4.96. The summed E-state index contributed by atoms with van der Waals surface area (Å²) in [5, 5.41) is 0. The van der Waals surface area contributed by atoms with Crippen LogP contribution >= 0.6 is 0 Å². The lowest BCUT2D eigenvalue weighted by Crippen LogP contribution is -2.10. The highest BCUT2D eigenvalue weighted by molar-refractivity contribution is 5.90. The lowest BCUT2D eigenvalue weighted by Gasteiger charge is -2.13. The van der Waals surface area contributed by atoms with Gasteiger partial charge in [0.05, 0.1) is 32.0 Å². The van der Waals surface area contributed by atoms with Crippen LogP contribution in [0.25, 0.3) is 0 Å². The molecule has 5 nitrogen and oxygen atoms in total. The summed E-state index contributed by atoms with van der Waals surface area (Å²) in [5.41, 5.74) is 0.457. The van der Waals surface area contributed by atoms with Crippen LogP contribution in [0, 0.1) is 12.3 Å². The van der Waals surface area contributed by atoms with Crippen molar-refractivity contribution >= 4 is 5.97 Å². The second-order valence-corrected chi connectivity index (χ2v) is 11.5. The third-order valence-electron chi connectivity index (χ3n) is 7.50. The SMILES string of the molecule is C#CCOCCCOC(=O)c1cc(OCCCCCCCCCCCC)cc(OCCCCCCCCCCCC)c1. The fourth-order valence-corrected chi connectivity index (χ4v) is 4.96. The monoisotopic (exact) mass is 586 g/mol. The van der Waals surface area contributed by atoms with Gasteiger partial charge >= 0.3 is 5.97 Å². The maximum Gasteiger partial charge on any atom is 0.338 e. The molecular weight excluding hydrogens is 524 g/mol. The predicted octanol–water partition coefficient (Wildman–Crippen LogP) is 10.5. The number of hydrogen-bond acceptors (Lipinski definition) is 5. The van der Waals surface area contributed by atoms with E-state index in [1.54, 1.807) is 12.1 Å². The van der Waals surface area contributed by atoms with Gasteiger partial charge in [-0.1, -0.05) is 135 Å². The molecular formula is C37H62O5. The summed E-state index contributed by atoms with van der Waals surface area (Å²) < 4.78 is 22.8. The molecule has 0 fully saturated rings. The number of carbonyl (C=O) groups excluding carboxylic acids is 1. The Kier molecular flexibility index (Phi) is 26.0. The molecule has 0 bridgehead atoms. The number of unbranched alkanes of at least 4 members (excludes halogenated alkanes) is 18. The van der Waals surface area contributed by atoms with E-state index in [2.05, 4.69) is 19.8 Å². The zero-order valence-corrected chi connectivity index (χ0v) is 27.2. The Morgan fingerprint density at radius 1 is 0.571 bits per heavy atom. The number of rotatable bonds is 30. The fraction of sp³-hybridized carbons (Fsp3) is 0.757. The zero-order chi connectivity index (χ0) is 30.4. The van der Waals surface area contributed by atoms with E-state index in [1.807, 2.05) is 6.07 Å². The van der Waals surface area contributed by atoms with E-state index in [9.17, 15) is 4.79 Å². The third kappa shape index (κ3) is 22.4. The molecule has 0 aromatic heterocycles. The smallest absolute Gasteiger partial charge is 0.338 e. The van der Waals surface area contributed by atoms with Gasteiger partial charge in [0.15, 0.2) is 0 Å². The summed E-state index contributed by atoms with van der Waals surface area (Å²) in [6, 6.07) is 5.43. The van der Waals surface area contributed by atoms with Crippen molar-refractivity contribution in [1.29, 1.82) is 0 Å². The topological polar surface area (TPSA) is 54.0 Å². The molecule has 0 atom stereocenters. The molecule has 0 saturated carbocycles. The summed E-state index contributed by atoms with van der Waals surface area (Å²) in [6.07, 6.45) is 31.5. The summed E-state index contributed by atoms with van der Waals surface area (Å²) >= 11 is 0. The van der Waals surface area contributed by atoms with Crippen LogP contribution in [0.5, 0.6) is 11.5 Å². The number of benzene rings is 1. The van der Waals surface area contributed by atoms with E-state index in [4.69, 9.17) is 25.4 Å². The van der Waals surface area contributed by atoms with Crippen molar-refractivity contribution in [3.05, 3.63) is 23.8 Å². The molecule has 0 spiro atoms. The van der Waals surface area contributed by atoms with Gasteiger partial charge in [0.2, 0.25) is 0 Å². The van der Waals surface area contributed by atoms with Crippen molar-refractivity contribution in [3.63, 3.8) is 0 Å². The third-order valence-corrected chi connectivity index (χ3v) is 7.50. The minimum absolute atomic E-state index is 0.270. The van der Waals surface area contributed by atoms with Crippen LogP contribution < -0.4 is 9.47 Å². The maximum atomic E-state index is 12.8. The number of hydrogen-bond donors (Lipinski definition) is 0. The van der Waals surface area contributed by atoms with Crippen LogP contribution in [0.2, 0.25) is 0 Å². The maximum absolute atomic E-state index is 12.8. The lowest BCUT2D eigenvalue weighted by molar-refractivity contribution is 0.0458. The van der Waals surface area contributed by atoms with Gasteiger partial charge in [-0.15, -0.1) is 6.42 Å². The number of esters is 1. The molecule has 0 heterocycles. The minimum atomic E-state index is -0.375. The number of carbonyl (C=O) groups is 1. The van der Waals surface area contributed by atoms with E-state index >= 15 is 0 Å². The van der Waals surface area contributed by atoms with E-state index in [0.717, 1.165) is 12.8 Å². The molecule has 0 aliphatic heterocycles. The minimum Gasteiger partial charge on any atom is -0.493 e. The van der Waals surface area contributed by atoms with Gasteiger partial charge in [0.1, 0.15) is 18.1 Å². The van der Waals surface area contributed by atoms with Crippen LogP contribution in [0.15, 0.2) is 18.2 Å². The number of terminal acetylenes is 1. The Morgan fingerprint density at radius 3 is 1.43 bits per heavy atom. The van der Waals surface area contributed by atoms with E-state index < -0.39 is 0 Å². The quantitative estimate of drug-likeness (QED) is 0.0510. The molecule has 0 saturated heterocycles. The van der Waals surface area contributed by atoms with Gasteiger partial charge < -0.3 is 18.9 Å². The molecule has 0 aliphatic carbocycles. The first kappa shape index (κ1) is 37.8. The van der Waals surface area contributed by atoms with E-state index in [1.165, 1.54) is 116 Å². The number of ether oxygens (including phenoxy) is 4. The molecule has 0 unspecified atom stereocenters. The van der Waals surface area contributed by atoms with Crippen molar-refractivity contribution in [3.8, 4) is 23.8 Å². The molecule has 1 aromatic carbocycles. The highest BCUT2D eigenvalue weighted by Crippen LogP contribution is 2.25. The van der Waals surface area contributed by atoms with Gasteiger partial charge in [-0.25, -0.2) is 4.79 Å². The lowest BCUT2D eigenvalue weighted by atomic mass is 10.1. The van der Waals surface area contributed by atoms with Gasteiger partial charge in [-0.05, 0) is 25.0 Å². The second-order valence-electron chi connectivity index (χ2n) is 11.5. The van der Waals surface area contributed by atoms with Crippen LogP contribution in [0.1, 0.15) is 159 Å². The summed E-state index contributed by atoms with van der Waals surface area (Å²) in [5.74, 6) is 3.38. The van der Waals surface area contributed by atoms with Crippen molar-refractivity contribution in [2.24, 2.45) is 0 Å². The molecule has 0 N–H and O–H groups in total.